The summed E-state index contributed by atoms with van der Waals surface area (Å²) in [5.41, 5.74) is 1.21. The maximum atomic E-state index is 5.82. The molecule has 1 saturated heterocycles. The van der Waals surface area contributed by atoms with Crippen LogP contribution in [-0.2, 0) is 4.74 Å². The molecule has 0 saturated carbocycles. The third kappa shape index (κ3) is 2.70. The summed E-state index contributed by atoms with van der Waals surface area (Å²) in [6.07, 6.45) is 1.93. The molecule has 0 spiro atoms. The summed E-state index contributed by atoms with van der Waals surface area (Å²) in [5.74, 6) is 0.715. The van der Waals surface area contributed by atoms with E-state index in [0.29, 0.717) is 5.88 Å². The highest BCUT2D eigenvalue weighted by molar-refractivity contribution is 5.89. The lowest BCUT2D eigenvalue weighted by atomic mass is 10.1. The Morgan fingerprint density at radius 3 is 2.75 bits per heavy atom. The van der Waals surface area contributed by atoms with E-state index < -0.39 is 0 Å². The van der Waals surface area contributed by atoms with E-state index in [0.717, 1.165) is 37.1 Å². The lowest BCUT2D eigenvalue weighted by Gasteiger charge is -2.29. The van der Waals surface area contributed by atoms with E-state index >= 15 is 0 Å². The molecule has 3 rings (SSSR count). The van der Waals surface area contributed by atoms with Gasteiger partial charge in [-0.15, -0.1) is 0 Å². The number of pyridine rings is 1. The molecule has 2 aromatic rings. The van der Waals surface area contributed by atoms with Gasteiger partial charge in [0.2, 0.25) is 5.88 Å². The van der Waals surface area contributed by atoms with Crippen molar-refractivity contribution in [1.82, 2.24) is 4.98 Å². The van der Waals surface area contributed by atoms with E-state index in [4.69, 9.17) is 9.47 Å². The SMILES string of the molecule is CC(C)Oc1nccc2ccc(N3CCOCC3)cc12. The van der Waals surface area contributed by atoms with Gasteiger partial charge in [-0.05, 0) is 37.4 Å². The van der Waals surface area contributed by atoms with Crippen LogP contribution >= 0.6 is 0 Å². The fraction of sp³-hybridized carbons (Fsp3) is 0.438. The van der Waals surface area contributed by atoms with Crippen molar-refractivity contribution in [3.05, 3.63) is 30.5 Å². The van der Waals surface area contributed by atoms with E-state index in [1.807, 2.05) is 19.9 Å². The van der Waals surface area contributed by atoms with E-state index in [2.05, 4.69) is 28.1 Å². The van der Waals surface area contributed by atoms with Crippen LogP contribution in [0.15, 0.2) is 30.5 Å². The Hall–Kier alpha value is -1.81. The molecule has 0 radical (unpaired) electrons. The smallest absolute Gasteiger partial charge is 0.221 e. The molecule has 0 N–H and O–H groups in total. The predicted molar refractivity (Wildman–Crippen MR) is 80.5 cm³/mol. The van der Waals surface area contributed by atoms with E-state index in [1.165, 1.54) is 5.69 Å². The maximum absolute atomic E-state index is 5.82. The van der Waals surface area contributed by atoms with Gasteiger partial charge in [-0.2, -0.15) is 0 Å². The van der Waals surface area contributed by atoms with Crippen LogP contribution in [-0.4, -0.2) is 37.4 Å². The Balaban J connectivity index is 1.99. The average molecular weight is 272 g/mol. The van der Waals surface area contributed by atoms with E-state index in [9.17, 15) is 0 Å². The molecule has 2 heterocycles. The highest BCUT2D eigenvalue weighted by Gasteiger charge is 2.13. The van der Waals surface area contributed by atoms with Crippen molar-refractivity contribution in [2.75, 3.05) is 31.2 Å². The third-order valence-electron chi connectivity index (χ3n) is 3.44. The van der Waals surface area contributed by atoms with Gasteiger partial charge < -0.3 is 14.4 Å². The van der Waals surface area contributed by atoms with Crippen LogP contribution in [0.25, 0.3) is 10.8 Å². The number of aromatic nitrogens is 1. The molecule has 0 aliphatic carbocycles. The molecule has 0 bridgehead atoms. The minimum absolute atomic E-state index is 0.125. The summed E-state index contributed by atoms with van der Waals surface area (Å²) in [4.78, 5) is 6.71. The van der Waals surface area contributed by atoms with Crippen LogP contribution in [0.2, 0.25) is 0 Å². The summed E-state index contributed by atoms with van der Waals surface area (Å²) in [6, 6.07) is 8.48. The van der Waals surface area contributed by atoms with Gasteiger partial charge in [-0.1, -0.05) is 6.07 Å². The molecular weight excluding hydrogens is 252 g/mol. The monoisotopic (exact) mass is 272 g/mol. The van der Waals surface area contributed by atoms with Gasteiger partial charge in [0.1, 0.15) is 0 Å². The molecule has 0 unspecified atom stereocenters. The topological polar surface area (TPSA) is 34.6 Å². The van der Waals surface area contributed by atoms with Crippen LogP contribution < -0.4 is 9.64 Å². The zero-order chi connectivity index (χ0) is 13.9. The zero-order valence-electron chi connectivity index (χ0n) is 12.0. The molecule has 1 aromatic heterocycles. The van der Waals surface area contributed by atoms with E-state index in [-0.39, 0.29) is 6.10 Å². The molecule has 1 aliphatic rings. The second-order valence-electron chi connectivity index (χ2n) is 5.29. The number of ether oxygens (including phenoxy) is 2. The predicted octanol–water partition coefficient (Wildman–Crippen LogP) is 2.86. The maximum Gasteiger partial charge on any atom is 0.221 e. The first-order chi connectivity index (χ1) is 9.74. The molecule has 0 amide bonds. The largest absolute Gasteiger partial charge is 0.475 e. The number of anilines is 1. The first kappa shape index (κ1) is 13.2. The summed E-state index contributed by atoms with van der Waals surface area (Å²) < 4.78 is 11.2. The molecule has 1 aliphatic heterocycles. The second kappa shape index (κ2) is 5.67. The van der Waals surface area contributed by atoms with Crippen molar-refractivity contribution >= 4 is 16.5 Å². The summed E-state index contributed by atoms with van der Waals surface area (Å²) >= 11 is 0. The third-order valence-corrected chi connectivity index (χ3v) is 3.44. The Kier molecular flexibility index (Phi) is 3.74. The molecule has 1 aromatic carbocycles. The minimum atomic E-state index is 0.125. The van der Waals surface area contributed by atoms with Gasteiger partial charge in [0.05, 0.1) is 19.3 Å². The summed E-state index contributed by atoms with van der Waals surface area (Å²) in [5, 5.41) is 2.23. The first-order valence-electron chi connectivity index (χ1n) is 7.12. The minimum Gasteiger partial charge on any atom is -0.475 e. The fourth-order valence-corrected chi connectivity index (χ4v) is 2.47. The van der Waals surface area contributed by atoms with Crippen LogP contribution in [0.4, 0.5) is 5.69 Å². The Bertz CT molecular complexity index is 592. The van der Waals surface area contributed by atoms with Gasteiger partial charge >= 0.3 is 0 Å². The second-order valence-corrected chi connectivity index (χ2v) is 5.29. The number of morpholine rings is 1. The molecule has 4 heteroatoms. The van der Waals surface area contributed by atoms with Gasteiger partial charge in [0.25, 0.3) is 0 Å². The van der Waals surface area contributed by atoms with Crippen molar-refractivity contribution in [3.63, 3.8) is 0 Å². The number of fused-ring (bicyclic) bond motifs is 1. The summed E-state index contributed by atoms with van der Waals surface area (Å²) in [6.45, 7) is 7.50. The lowest BCUT2D eigenvalue weighted by molar-refractivity contribution is 0.122. The molecule has 20 heavy (non-hydrogen) atoms. The quantitative estimate of drug-likeness (QED) is 0.860. The molecule has 1 fully saturated rings. The standard InChI is InChI=1S/C16H20N2O2/c1-12(2)20-16-15-11-14(18-7-9-19-10-8-18)4-3-13(15)5-6-17-16/h3-6,11-12H,7-10H2,1-2H3. The molecular formula is C16H20N2O2. The Morgan fingerprint density at radius 1 is 1.20 bits per heavy atom. The highest BCUT2D eigenvalue weighted by atomic mass is 16.5. The Labute approximate surface area is 119 Å². The van der Waals surface area contributed by atoms with E-state index in [1.54, 1.807) is 6.20 Å². The normalized spacial score (nSPS) is 15.8. The summed E-state index contributed by atoms with van der Waals surface area (Å²) in [7, 11) is 0. The number of rotatable bonds is 3. The lowest BCUT2D eigenvalue weighted by Crippen LogP contribution is -2.36. The highest BCUT2D eigenvalue weighted by Crippen LogP contribution is 2.28. The van der Waals surface area contributed by atoms with Crippen LogP contribution in [0.1, 0.15) is 13.8 Å². The Morgan fingerprint density at radius 2 is 2.00 bits per heavy atom. The molecule has 106 valence electrons. The van der Waals surface area contributed by atoms with Gasteiger partial charge in [-0.3, -0.25) is 0 Å². The number of benzene rings is 1. The first-order valence-corrected chi connectivity index (χ1v) is 7.12. The van der Waals surface area contributed by atoms with Crippen molar-refractivity contribution in [3.8, 4) is 5.88 Å². The van der Waals surface area contributed by atoms with Gasteiger partial charge in [-0.25, -0.2) is 4.98 Å². The number of hydrogen-bond donors (Lipinski definition) is 0. The molecule has 0 atom stereocenters. The zero-order valence-corrected chi connectivity index (χ0v) is 12.0. The van der Waals surface area contributed by atoms with Crippen molar-refractivity contribution in [2.45, 2.75) is 20.0 Å². The molecule has 4 nitrogen and oxygen atoms in total. The van der Waals surface area contributed by atoms with Gasteiger partial charge in [0, 0.05) is 30.4 Å². The van der Waals surface area contributed by atoms with Crippen molar-refractivity contribution in [1.29, 1.82) is 0 Å². The van der Waals surface area contributed by atoms with Crippen LogP contribution in [0, 0.1) is 0 Å². The fourth-order valence-electron chi connectivity index (χ4n) is 2.47. The van der Waals surface area contributed by atoms with Crippen LogP contribution in [0.5, 0.6) is 5.88 Å². The van der Waals surface area contributed by atoms with Crippen LogP contribution in [0.3, 0.4) is 0 Å². The average Bonchev–Trinajstić information content (AvgIpc) is 2.47. The van der Waals surface area contributed by atoms with Crippen molar-refractivity contribution < 1.29 is 9.47 Å². The van der Waals surface area contributed by atoms with Gasteiger partial charge in [0.15, 0.2) is 0 Å². The number of hydrogen-bond acceptors (Lipinski definition) is 4. The van der Waals surface area contributed by atoms with Crippen molar-refractivity contribution in [2.24, 2.45) is 0 Å². The number of nitrogens with zero attached hydrogens (tertiary/aromatic N) is 2.